The van der Waals surface area contributed by atoms with E-state index in [0.29, 0.717) is 29.3 Å². The first-order valence-electron chi connectivity index (χ1n) is 8.77. The summed E-state index contributed by atoms with van der Waals surface area (Å²) in [6.07, 6.45) is 1.88. The molecule has 0 radical (unpaired) electrons. The number of hydrogen-bond acceptors (Lipinski definition) is 8. The van der Waals surface area contributed by atoms with Gasteiger partial charge in [0.1, 0.15) is 11.6 Å². The van der Waals surface area contributed by atoms with Crippen LogP contribution in [0.25, 0.3) is 11.5 Å². The summed E-state index contributed by atoms with van der Waals surface area (Å²) in [5, 5.41) is 13.3. The average Bonchev–Trinajstić information content (AvgIpc) is 3.06. The lowest BCUT2D eigenvalue weighted by molar-refractivity contribution is -0.114. The van der Waals surface area contributed by atoms with Gasteiger partial charge in [-0.3, -0.25) is 4.79 Å². The van der Waals surface area contributed by atoms with Crippen molar-refractivity contribution in [3.8, 4) is 11.5 Å². The van der Waals surface area contributed by atoms with Gasteiger partial charge in [-0.15, -0.1) is 10.2 Å². The maximum Gasteiger partial charge on any atom is 0.303 e. The Morgan fingerprint density at radius 3 is 2.55 bits per heavy atom. The van der Waals surface area contributed by atoms with Crippen LogP contribution in [0.4, 0.5) is 26.1 Å². The fraction of sp³-hybridized carbons (Fsp3) is 0.333. The molecule has 1 amide bonds. The number of alkyl halides is 2. The van der Waals surface area contributed by atoms with E-state index in [1.807, 2.05) is 0 Å². The van der Waals surface area contributed by atoms with Crippen molar-refractivity contribution in [1.29, 1.82) is 0 Å². The summed E-state index contributed by atoms with van der Waals surface area (Å²) in [6, 6.07) is 3.09. The highest BCUT2D eigenvalue weighted by molar-refractivity contribution is 5.89. The van der Waals surface area contributed by atoms with Crippen molar-refractivity contribution in [1.82, 2.24) is 25.1 Å². The summed E-state index contributed by atoms with van der Waals surface area (Å²) >= 11 is 0. The van der Waals surface area contributed by atoms with Gasteiger partial charge in [0.05, 0.1) is 11.3 Å². The SMILES string of the molecule is CCc1cc(Nc2cc(NC(C)=O)ncc2-c2nnc(C)o2)nc(C(C)(F)F)n1. The molecule has 0 atom stereocenters. The highest BCUT2D eigenvalue weighted by Crippen LogP contribution is 2.32. The van der Waals surface area contributed by atoms with Crippen LogP contribution >= 0.6 is 0 Å². The molecule has 152 valence electrons. The van der Waals surface area contributed by atoms with Gasteiger partial charge in [0.15, 0.2) is 0 Å². The molecule has 3 aromatic rings. The van der Waals surface area contributed by atoms with E-state index in [4.69, 9.17) is 4.42 Å². The molecule has 0 unspecified atom stereocenters. The second-order valence-electron chi connectivity index (χ2n) is 6.36. The van der Waals surface area contributed by atoms with E-state index in [-0.39, 0.29) is 23.4 Å². The number of carbonyl (C=O) groups is 1. The van der Waals surface area contributed by atoms with Crippen LogP contribution in [0.2, 0.25) is 0 Å². The van der Waals surface area contributed by atoms with E-state index >= 15 is 0 Å². The molecule has 3 heterocycles. The van der Waals surface area contributed by atoms with Crippen LogP contribution in [-0.2, 0) is 17.1 Å². The molecular formula is C18H19F2N7O2. The Morgan fingerprint density at radius 2 is 1.97 bits per heavy atom. The van der Waals surface area contributed by atoms with Crippen LogP contribution in [0, 0.1) is 6.92 Å². The van der Waals surface area contributed by atoms with E-state index in [1.165, 1.54) is 19.2 Å². The number of nitrogens with one attached hydrogen (secondary N) is 2. The molecule has 0 saturated heterocycles. The Balaban J connectivity index is 2.08. The third-order valence-corrected chi connectivity index (χ3v) is 3.76. The molecule has 0 aliphatic heterocycles. The topological polar surface area (TPSA) is 119 Å². The van der Waals surface area contributed by atoms with Gasteiger partial charge in [0.25, 0.3) is 5.89 Å². The highest BCUT2D eigenvalue weighted by atomic mass is 19.3. The molecule has 0 bridgehead atoms. The molecule has 0 fully saturated rings. The molecule has 3 rings (SSSR count). The standard InChI is InChI=1S/C18H19F2N7O2/c1-5-11-6-15(25-17(23-11)18(4,19)20)24-13-7-14(22-9(2)28)21-8-12(13)16-27-26-10(3)29-16/h6-8H,5H2,1-4H3,(H2,21,22,23,24,25,28). The quantitative estimate of drug-likeness (QED) is 0.641. The molecule has 0 aliphatic rings. The minimum absolute atomic E-state index is 0.158. The average molecular weight is 403 g/mol. The minimum Gasteiger partial charge on any atom is -0.421 e. The zero-order valence-electron chi connectivity index (χ0n) is 16.2. The van der Waals surface area contributed by atoms with Gasteiger partial charge in [-0.25, -0.2) is 15.0 Å². The van der Waals surface area contributed by atoms with Gasteiger partial charge in [-0.1, -0.05) is 6.92 Å². The maximum atomic E-state index is 13.8. The minimum atomic E-state index is -3.20. The normalized spacial score (nSPS) is 11.4. The lowest BCUT2D eigenvalue weighted by Crippen LogP contribution is -2.15. The molecule has 29 heavy (non-hydrogen) atoms. The third-order valence-electron chi connectivity index (χ3n) is 3.76. The fourth-order valence-corrected chi connectivity index (χ4v) is 2.46. The smallest absolute Gasteiger partial charge is 0.303 e. The van der Waals surface area contributed by atoms with E-state index < -0.39 is 11.7 Å². The molecule has 11 heteroatoms. The van der Waals surface area contributed by atoms with Crippen molar-refractivity contribution in [3.05, 3.63) is 35.7 Å². The molecule has 3 aromatic heterocycles. The van der Waals surface area contributed by atoms with Gasteiger partial charge in [-0.05, 0) is 6.42 Å². The molecule has 9 nitrogen and oxygen atoms in total. The Morgan fingerprint density at radius 1 is 1.21 bits per heavy atom. The lowest BCUT2D eigenvalue weighted by atomic mass is 10.2. The Kier molecular flexibility index (Phi) is 5.48. The summed E-state index contributed by atoms with van der Waals surface area (Å²) in [4.78, 5) is 23.3. The number of aromatic nitrogens is 5. The van der Waals surface area contributed by atoms with E-state index in [1.54, 1.807) is 19.9 Å². The van der Waals surface area contributed by atoms with Crippen molar-refractivity contribution < 1.29 is 18.0 Å². The summed E-state index contributed by atoms with van der Waals surface area (Å²) < 4.78 is 33.1. The fourth-order valence-electron chi connectivity index (χ4n) is 2.46. The van der Waals surface area contributed by atoms with Gasteiger partial charge >= 0.3 is 5.92 Å². The number of aryl methyl sites for hydroxylation is 2. The van der Waals surface area contributed by atoms with Gasteiger partial charge in [0.2, 0.25) is 17.6 Å². The molecule has 2 N–H and O–H groups in total. The van der Waals surface area contributed by atoms with E-state index in [2.05, 4.69) is 35.8 Å². The Hall–Kier alpha value is -3.50. The summed E-state index contributed by atoms with van der Waals surface area (Å²) in [5.41, 5.74) is 1.25. The molecular weight excluding hydrogens is 384 g/mol. The number of amides is 1. The zero-order valence-corrected chi connectivity index (χ0v) is 16.2. The number of halogens is 2. The Labute approximate surface area is 165 Å². The van der Waals surface area contributed by atoms with Crippen molar-refractivity contribution in [2.45, 2.75) is 40.0 Å². The van der Waals surface area contributed by atoms with Crippen molar-refractivity contribution >= 4 is 23.2 Å². The lowest BCUT2D eigenvalue weighted by Gasteiger charge is -2.15. The first-order valence-corrected chi connectivity index (χ1v) is 8.77. The second-order valence-corrected chi connectivity index (χ2v) is 6.36. The first-order chi connectivity index (χ1) is 13.7. The van der Waals surface area contributed by atoms with Crippen molar-refractivity contribution in [2.24, 2.45) is 0 Å². The van der Waals surface area contributed by atoms with Crippen LogP contribution in [0.1, 0.15) is 38.2 Å². The predicted molar refractivity (Wildman–Crippen MR) is 101 cm³/mol. The third kappa shape index (κ3) is 4.86. The van der Waals surface area contributed by atoms with E-state index in [9.17, 15) is 13.6 Å². The van der Waals surface area contributed by atoms with Crippen molar-refractivity contribution in [2.75, 3.05) is 10.6 Å². The summed E-state index contributed by atoms with van der Waals surface area (Å²) in [5.74, 6) is -3.17. The van der Waals surface area contributed by atoms with Crippen molar-refractivity contribution in [3.63, 3.8) is 0 Å². The summed E-state index contributed by atoms with van der Waals surface area (Å²) in [6.45, 7) is 5.52. The van der Waals surface area contributed by atoms with Crippen LogP contribution in [0.5, 0.6) is 0 Å². The number of nitrogens with zero attached hydrogens (tertiary/aromatic N) is 5. The number of hydrogen-bond donors (Lipinski definition) is 2. The highest BCUT2D eigenvalue weighted by Gasteiger charge is 2.29. The second kappa shape index (κ2) is 7.86. The molecule has 0 aromatic carbocycles. The molecule has 0 aliphatic carbocycles. The molecule has 0 spiro atoms. The Bertz CT molecular complexity index is 1050. The largest absolute Gasteiger partial charge is 0.421 e. The van der Waals surface area contributed by atoms with Crippen LogP contribution in [0.3, 0.4) is 0 Å². The predicted octanol–water partition coefficient (Wildman–Crippen LogP) is 3.61. The monoisotopic (exact) mass is 403 g/mol. The number of pyridine rings is 1. The number of rotatable bonds is 6. The van der Waals surface area contributed by atoms with Gasteiger partial charge < -0.3 is 15.1 Å². The van der Waals surface area contributed by atoms with Crippen LogP contribution < -0.4 is 10.6 Å². The van der Waals surface area contributed by atoms with Gasteiger partial charge in [0, 0.05) is 44.8 Å². The molecule has 0 saturated carbocycles. The number of anilines is 3. The number of carbonyl (C=O) groups excluding carboxylic acids is 1. The van der Waals surface area contributed by atoms with Crippen LogP contribution in [-0.4, -0.2) is 31.1 Å². The maximum absolute atomic E-state index is 13.8. The summed E-state index contributed by atoms with van der Waals surface area (Å²) in [7, 11) is 0. The van der Waals surface area contributed by atoms with E-state index in [0.717, 1.165) is 6.92 Å². The zero-order chi connectivity index (χ0) is 21.2. The first kappa shape index (κ1) is 20.2. The van der Waals surface area contributed by atoms with Gasteiger partial charge in [-0.2, -0.15) is 8.78 Å². The van der Waals surface area contributed by atoms with Crippen LogP contribution in [0.15, 0.2) is 22.7 Å².